The highest BCUT2D eigenvalue weighted by atomic mass is 35.5. The van der Waals surface area contributed by atoms with Crippen LogP contribution in [0.5, 0.6) is 11.5 Å². The van der Waals surface area contributed by atoms with E-state index >= 15 is 0 Å². The Kier molecular flexibility index (Phi) is 4.28. The second kappa shape index (κ2) is 6.71. The molecule has 5 nitrogen and oxygen atoms in total. The number of hydrogen-bond donors (Lipinski definition) is 1. The van der Waals surface area contributed by atoms with Gasteiger partial charge in [0, 0.05) is 30.1 Å². The predicted octanol–water partition coefficient (Wildman–Crippen LogP) is 3.35. The first kappa shape index (κ1) is 15.3. The minimum absolute atomic E-state index is 0.0320. The van der Waals surface area contributed by atoms with Crippen molar-refractivity contribution in [3.8, 4) is 11.5 Å². The fourth-order valence-corrected chi connectivity index (χ4v) is 3.02. The first-order valence-corrected chi connectivity index (χ1v) is 8.23. The van der Waals surface area contributed by atoms with E-state index in [1.807, 2.05) is 42.5 Å². The zero-order chi connectivity index (χ0) is 16.4. The molecule has 1 atom stereocenters. The highest BCUT2D eigenvalue weighted by Crippen LogP contribution is 2.33. The van der Waals surface area contributed by atoms with E-state index in [4.69, 9.17) is 25.9 Å². The van der Waals surface area contributed by atoms with Crippen LogP contribution in [-0.4, -0.2) is 25.2 Å². The van der Waals surface area contributed by atoms with Crippen LogP contribution in [0.3, 0.4) is 0 Å². The van der Waals surface area contributed by atoms with Gasteiger partial charge < -0.3 is 19.6 Å². The molecule has 1 unspecified atom stereocenters. The van der Waals surface area contributed by atoms with Crippen molar-refractivity contribution in [3.63, 3.8) is 0 Å². The number of nitrogens with one attached hydrogen (secondary N) is 1. The number of fused-ring (bicyclic) bond motifs is 1. The molecule has 1 N–H and O–H groups in total. The van der Waals surface area contributed by atoms with Crippen LogP contribution in [0.2, 0.25) is 5.02 Å². The van der Waals surface area contributed by atoms with Crippen molar-refractivity contribution in [1.82, 2.24) is 5.32 Å². The van der Waals surface area contributed by atoms with Crippen LogP contribution >= 0.6 is 11.6 Å². The molecule has 0 bridgehead atoms. The molecule has 2 aliphatic rings. The lowest BCUT2D eigenvalue weighted by molar-refractivity contribution is 0.0848. The fraction of sp³-hybridized carbons (Fsp3) is 0.278. The summed E-state index contributed by atoms with van der Waals surface area (Å²) in [7, 11) is 0. The van der Waals surface area contributed by atoms with Crippen LogP contribution in [0.1, 0.15) is 17.5 Å². The second-order valence-corrected chi connectivity index (χ2v) is 6.23. The number of rotatable bonds is 5. The number of oxime groups is 1. The maximum absolute atomic E-state index is 5.99. The highest BCUT2D eigenvalue weighted by molar-refractivity contribution is 6.30. The largest absolute Gasteiger partial charge is 0.454 e. The quantitative estimate of drug-likeness (QED) is 0.903. The van der Waals surface area contributed by atoms with Gasteiger partial charge in [0.05, 0.1) is 5.71 Å². The molecule has 0 spiro atoms. The van der Waals surface area contributed by atoms with E-state index in [1.165, 1.54) is 0 Å². The molecule has 0 fully saturated rings. The van der Waals surface area contributed by atoms with Gasteiger partial charge in [-0.15, -0.1) is 0 Å². The van der Waals surface area contributed by atoms with Gasteiger partial charge in [-0.2, -0.15) is 0 Å². The Morgan fingerprint density at radius 3 is 2.96 bits per heavy atom. The molecule has 24 heavy (non-hydrogen) atoms. The third-order valence-electron chi connectivity index (χ3n) is 4.03. The summed E-state index contributed by atoms with van der Waals surface area (Å²) < 4.78 is 10.7. The summed E-state index contributed by atoms with van der Waals surface area (Å²) in [6, 6.07) is 13.7. The Labute approximate surface area is 145 Å². The van der Waals surface area contributed by atoms with E-state index in [0.717, 1.165) is 52.9 Å². The summed E-state index contributed by atoms with van der Waals surface area (Å²) in [4.78, 5) is 5.53. The first-order chi connectivity index (χ1) is 11.8. The monoisotopic (exact) mass is 344 g/mol. The Hall–Kier alpha value is -2.24. The maximum Gasteiger partial charge on any atom is 0.231 e. The number of nitrogens with zero attached hydrogens (tertiary/aromatic N) is 1. The van der Waals surface area contributed by atoms with Gasteiger partial charge >= 0.3 is 0 Å². The summed E-state index contributed by atoms with van der Waals surface area (Å²) >= 11 is 5.99. The van der Waals surface area contributed by atoms with E-state index in [0.29, 0.717) is 0 Å². The van der Waals surface area contributed by atoms with Crippen LogP contribution < -0.4 is 14.8 Å². The normalized spacial score (nSPS) is 18.4. The highest BCUT2D eigenvalue weighted by Gasteiger charge is 2.23. The first-order valence-electron chi connectivity index (χ1n) is 7.86. The van der Waals surface area contributed by atoms with Crippen LogP contribution in [0.15, 0.2) is 47.6 Å². The molecule has 0 amide bonds. The third-order valence-corrected chi connectivity index (χ3v) is 4.26. The summed E-state index contributed by atoms with van der Waals surface area (Å²) in [5.74, 6) is 1.54. The Bertz CT molecular complexity index is 779. The molecule has 4 rings (SSSR count). The smallest absolute Gasteiger partial charge is 0.231 e. The molecular formula is C18H17ClN2O3. The summed E-state index contributed by atoms with van der Waals surface area (Å²) in [6.07, 6.45) is 0.798. The SMILES string of the molecule is Clc1cccc(CNCC2CC(c3ccc4c(c3)OCO4)=NO2)c1. The van der Waals surface area contributed by atoms with Crippen molar-refractivity contribution in [2.45, 2.75) is 19.1 Å². The number of halogens is 1. The minimum atomic E-state index is 0.0320. The van der Waals surface area contributed by atoms with Gasteiger partial charge in [0.15, 0.2) is 11.5 Å². The van der Waals surface area contributed by atoms with Gasteiger partial charge in [0.25, 0.3) is 0 Å². The molecule has 0 aliphatic carbocycles. The van der Waals surface area contributed by atoms with Gasteiger partial charge in [-0.05, 0) is 35.9 Å². The van der Waals surface area contributed by atoms with E-state index in [9.17, 15) is 0 Å². The summed E-state index contributed by atoms with van der Waals surface area (Å²) in [6.45, 7) is 1.75. The lowest BCUT2D eigenvalue weighted by atomic mass is 10.0. The standard InChI is InChI=1S/C18H17ClN2O3/c19-14-3-1-2-12(6-14)9-20-10-15-8-16(21-24-15)13-4-5-17-18(7-13)23-11-22-17/h1-7,15,20H,8-11H2. The molecule has 124 valence electrons. The Balaban J connectivity index is 1.30. The van der Waals surface area contributed by atoms with Gasteiger partial charge in [-0.1, -0.05) is 28.9 Å². The van der Waals surface area contributed by atoms with Crippen LogP contribution in [0.25, 0.3) is 0 Å². The van der Waals surface area contributed by atoms with E-state index in [-0.39, 0.29) is 12.9 Å². The van der Waals surface area contributed by atoms with Crippen molar-refractivity contribution in [2.24, 2.45) is 5.16 Å². The van der Waals surface area contributed by atoms with Crippen molar-refractivity contribution in [3.05, 3.63) is 58.6 Å². The van der Waals surface area contributed by atoms with Crippen molar-refractivity contribution < 1.29 is 14.3 Å². The van der Waals surface area contributed by atoms with Crippen LogP contribution in [-0.2, 0) is 11.4 Å². The van der Waals surface area contributed by atoms with E-state index < -0.39 is 0 Å². The van der Waals surface area contributed by atoms with Crippen LogP contribution in [0, 0.1) is 0 Å². The van der Waals surface area contributed by atoms with Crippen LogP contribution in [0.4, 0.5) is 0 Å². The average Bonchev–Trinajstić information content (AvgIpc) is 3.23. The van der Waals surface area contributed by atoms with E-state index in [2.05, 4.69) is 10.5 Å². The van der Waals surface area contributed by atoms with Crippen molar-refractivity contribution in [1.29, 1.82) is 0 Å². The predicted molar refractivity (Wildman–Crippen MR) is 91.8 cm³/mol. The topological polar surface area (TPSA) is 52.1 Å². The molecule has 2 heterocycles. The average molecular weight is 345 g/mol. The fourth-order valence-electron chi connectivity index (χ4n) is 2.81. The number of ether oxygens (including phenoxy) is 2. The Morgan fingerprint density at radius 2 is 2.04 bits per heavy atom. The lowest BCUT2D eigenvalue weighted by Crippen LogP contribution is -2.26. The van der Waals surface area contributed by atoms with E-state index in [1.54, 1.807) is 0 Å². The maximum atomic E-state index is 5.99. The second-order valence-electron chi connectivity index (χ2n) is 5.80. The molecule has 2 aliphatic heterocycles. The van der Waals surface area contributed by atoms with Crippen molar-refractivity contribution in [2.75, 3.05) is 13.3 Å². The minimum Gasteiger partial charge on any atom is -0.454 e. The summed E-state index contributed by atoms with van der Waals surface area (Å²) in [5, 5.41) is 8.34. The third kappa shape index (κ3) is 3.32. The molecule has 0 aromatic heterocycles. The summed E-state index contributed by atoms with van der Waals surface area (Å²) in [5.41, 5.74) is 3.09. The molecule has 2 aromatic carbocycles. The molecule has 0 saturated heterocycles. The lowest BCUT2D eigenvalue weighted by Gasteiger charge is -2.10. The molecule has 0 radical (unpaired) electrons. The van der Waals surface area contributed by atoms with Gasteiger partial charge in [-0.3, -0.25) is 0 Å². The molecular weight excluding hydrogens is 328 g/mol. The zero-order valence-electron chi connectivity index (χ0n) is 13.0. The van der Waals surface area contributed by atoms with Crippen molar-refractivity contribution >= 4 is 17.3 Å². The number of benzene rings is 2. The Morgan fingerprint density at radius 1 is 1.12 bits per heavy atom. The number of hydrogen-bond acceptors (Lipinski definition) is 5. The van der Waals surface area contributed by atoms with Gasteiger partial charge in [0.1, 0.15) is 6.10 Å². The van der Waals surface area contributed by atoms with Gasteiger partial charge in [0.2, 0.25) is 6.79 Å². The molecule has 2 aromatic rings. The molecule has 6 heteroatoms. The van der Waals surface area contributed by atoms with Gasteiger partial charge in [-0.25, -0.2) is 0 Å². The zero-order valence-corrected chi connectivity index (χ0v) is 13.8. The molecule has 0 saturated carbocycles.